The van der Waals surface area contributed by atoms with E-state index in [0.717, 1.165) is 25.7 Å². The summed E-state index contributed by atoms with van der Waals surface area (Å²) in [6.07, 6.45) is 10.8. The van der Waals surface area contributed by atoms with Gasteiger partial charge in [-0.3, -0.25) is 9.78 Å². The minimum Gasteiger partial charge on any atom is -0.481 e. The van der Waals surface area contributed by atoms with Crippen molar-refractivity contribution in [2.24, 2.45) is 11.3 Å². The normalized spacial score (nSPS) is 39.5. The number of aromatic nitrogens is 1. The average molecular weight is 314 g/mol. The van der Waals surface area contributed by atoms with Crippen LogP contribution < -0.4 is 5.32 Å². The van der Waals surface area contributed by atoms with E-state index in [1.807, 2.05) is 12.3 Å². The Balaban J connectivity index is 1.19. The first-order valence-electron chi connectivity index (χ1n) is 9.03. The number of carboxylic acids is 1. The Morgan fingerprint density at radius 2 is 1.91 bits per heavy atom. The summed E-state index contributed by atoms with van der Waals surface area (Å²) >= 11 is 0. The van der Waals surface area contributed by atoms with Crippen molar-refractivity contribution in [1.82, 2.24) is 10.3 Å². The Bertz CT molecular complexity index is 552. The molecule has 0 unspecified atom stereocenters. The molecule has 0 saturated heterocycles. The van der Waals surface area contributed by atoms with Gasteiger partial charge in [0.05, 0.1) is 5.92 Å². The Kier molecular flexibility index (Phi) is 3.88. The molecule has 3 aliphatic carbocycles. The number of hydrogen-bond donors (Lipinski definition) is 2. The molecular weight excluding hydrogens is 288 g/mol. The smallest absolute Gasteiger partial charge is 0.306 e. The lowest BCUT2D eigenvalue weighted by molar-refractivity contribution is -0.144. The maximum atomic E-state index is 11.1. The number of pyridine rings is 1. The van der Waals surface area contributed by atoms with E-state index in [0.29, 0.717) is 23.4 Å². The number of carboxylic acid groups (broad SMARTS) is 1. The highest BCUT2D eigenvalue weighted by Crippen LogP contribution is 2.53. The van der Waals surface area contributed by atoms with Crippen LogP contribution in [0.15, 0.2) is 24.4 Å². The van der Waals surface area contributed by atoms with Crippen molar-refractivity contribution in [3.8, 4) is 0 Å². The minimum atomic E-state index is -0.594. The van der Waals surface area contributed by atoms with Crippen LogP contribution in [0.2, 0.25) is 0 Å². The number of rotatable bonds is 4. The van der Waals surface area contributed by atoms with Crippen molar-refractivity contribution < 1.29 is 9.90 Å². The topological polar surface area (TPSA) is 62.2 Å². The molecule has 4 heteroatoms. The Hall–Kier alpha value is -1.42. The summed E-state index contributed by atoms with van der Waals surface area (Å²) in [5, 5.41) is 12.9. The van der Waals surface area contributed by atoms with Gasteiger partial charge in [-0.25, -0.2) is 0 Å². The van der Waals surface area contributed by atoms with Gasteiger partial charge >= 0.3 is 5.97 Å². The maximum absolute atomic E-state index is 11.1. The molecule has 0 radical (unpaired) electrons. The molecule has 0 atom stereocenters. The zero-order chi connectivity index (χ0) is 15.9. The number of nitrogens with one attached hydrogen (secondary N) is 1. The van der Waals surface area contributed by atoms with E-state index >= 15 is 0 Å². The van der Waals surface area contributed by atoms with E-state index in [4.69, 9.17) is 5.11 Å². The second-order valence-corrected chi connectivity index (χ2v) is 8.00. The van der Waals surface area contributed by atoms with Gasteiger partial charge in [0.1, 0.15) is 0 Å². The lowest BCUT2D eigenvalue weighted by Gasteiger charge is -2.53. The highest BCUT2D eigenvalue weighted by atomic mass is 16.4. The number of nitrogens with zero attached hydrogens (tertiary/aromatic N) is 1. The minimum absolute atomic E-state index is 0.0848. The third kappa shape index (κ3) is 3.01. The molecule has 0 aliphatic heterocycles. The molecule has 0 bridgehead atoms. The molecule has 23 heavy (non-hydrogen) atoms. The van der Waals surface area contributed by atoms with Crippen LogP contribution in [0.1, 0.15) is 63.0 Å². The van der Waals surface area contributed by atoms with Gasteiger partial charge in [-0.1, -0.05) is 6.07 Å². The SMILES string of the molecule is O=C(O)C1CCC2(CC1)CC(NC1CC(c3ccccn3)C1)C2. The summed E-state index contributed by atoms with van der Waals surface area (Å²) < 4.78 is 0. The lowest BCUT2D eigenvalue weighted by Crippen LogP contribution is -2.55. The fourth-order valence-corrected chi connectivity index (χ4v) is 4.94. The van der Waals surface area contributed by atoms with Crippen LogP contribution in [0.5, 0.6) is 0 Å². The van der Waals surface area contributed by atoms with E-state index in [2.05, 4.69) is 22.4 Å². The lowest BCUT2D eigenvalue weighted by atomic mass is 9.56. The average Bonchev–Trinajstić information content (AvgIpc) is 2.49. The van der Waals surface area contributed by atoms with Crippen LogP contribution in [-0.4, -0.2) is 28.1 Å². The predicted molar refractivity (Wildman–Crippen MR) is 88.2 cm³/mol. The van der Waals surface area contributed by atoms with Crippen LogP contribution in [-0.2, 0) is 4.79 Å². The quantitative estimate of drug-likeness (QED) is 0.895. The van der Waals surface area contributed by atoms with Crippen LogP contribution in [0.25, 0.3) is 0 Å². The maximum Gasteiger partial charge on any atom is 0.306 e. The van der Waals surface area contributed by atoms with Gasteiger partial charge in [0.2, 0.25) is 0 Å². The summed E-state index contributed by atoms with van der Waals surface area (Å²) in [6.45, 7) is 0. The molecule has 124 valence electrons. The summed E-state index contributed by atoms with van der Waals surface area (Å²) in [7, 11) is 0. The van der Waals surface area contributed by atoms with E-state index in [-0.39, 0.29) is 5.92 Å². The number of hydrogen-bond acceptors (Lipinski definition) is 3. The largest absolute Gasteiger partial charge is 0.481 e. The molecule has 2 N–H and O–H groups in total. The zero-order valence-corrected chi connectivity index (χ0v) is 13.6. The molecule has 0 amide bonds. The van der Waals surface area contributed by atoms with Gasteiger partial charge in [0.15, 0.2) is 0 Å². The van der Waals surface area contributed by atoms with E-state index in [1.165, 1.54) is 31.4 Å². The predicted octanol–water partition coefficient (Wildman–Crippen LogP) is 3.34. The molecule has 1 aromatic heterocycles. The highest BCUT2D eigenvalue weighted by Gasteiger charge is 2.48. The summed E-state index contributed by atoms with van der Waals surface area (Å²) in [5.41, 5.74) is 1.70. The molecule has 0 aromatic carbocycles. The Morgan fingerprint density at radius 3 is 2.52 bits per heavy atom. The molecule has 1 aromatic rings. The van der Waals surface area contributed by atoms with E-state index < -0.39 is 5.97 Å². The van der Waals surface area contributed by atoms with Crippen molar-refractivity contribution in [3.05, 3.63) is 30.1 Å². The summed E-state index contributed by atoms with van der Waals surface area (Å²) in [4.78, 5) is 15.5. The fourth-order valence-electron chi connectivity index (χ4n) is 4.94. The van der Waals surface area contributed by atoms with Crippen molar-refractivity contribution in [2.45, 2.75) is 69.4 Å². The van der Waals surface area contributed by atoms with Crippen LogP contribution in [0, 0.1) is 11.3 Å². The van der Waals surface area contributed by atoms with Gasteiger partial charge in [0, 0.05) is 29.9 Å². The van der Waals surface area contributed by atoms with Crippen LogP contribution >= 0.6 is 0 Å². The van der Waals surface area contributed by atoms with Gasteiger partial charge in [-0.05, 0) is 68.9 Å². The van der Waals surface area contributed by atoms with Gasteiger partial charge < -0.3 is 10.4 Å². The molecule has 3 aliphatic rings. The molecular formula is C19H26N2O2. The van der Waals surface area contributed by atoms with Gasteiger partial charge in [-0.2, -0.15) is 0 Å². The second-order valence-electron chi connectivity index (χ2n) is 8.00. The molecule has 3 saturated carbocycles. The molecule has 4 nitrogen and oxygen atoms in total. The first kappa shape index (κ1) is 15.1. The first-order valence-corrected chi connectivity index (χ1v) is 9.03. The summed E-state index contributed by atoms with van der Waals surface area (Å²) in [6, 6.07) is 7.50. The van der Waals surface area contributed by atoms with Crippen LogP contribution in [0.4, 0.5) is 0 Å². The number of carbonyl (C=O) groups is 1. The second kappa shape index (κ2) is 5.90. The van der Waals surface area contributed by atoms with E-state index in [9.17, 15) is 4.79 Å². The molecule has 1 spiro atoms. The Morgan fingerprint density at radius 1 is 1.17 bits per heavy atom. The monoisotopic (exact) mass is 314 g/mol. The fraction of sp³-hybridized carbons (Fsp3) is 0.684. The molecule has 4 rings (SSSR count). The number of aliphatic carboxylic acids is 1. The van der Waals surface area contributed by atoms with Crippen molar-refractivity contribution >= 4 is 5.97 Å². The molecule has 3 fully saturated rings. The van der Waals surface area contributed by atoms with Gasteiger partial charge in [-0.15, -0.1) is 0 Å². The van der Waals surface area contributed by atoms with Crippen molar-refractivity contribution in [1.29, 1.82) is 0 Å². The van der Waals surface area contributed by atoms with Crippen molar-refractivity contribution in [3.63, 3.8) is 0 Å². The third-order valence-corrected chi connectivity index (χ3v) is 6.47. The Labute approximate surface area is 137 Å². The van der Waals surface area contributed by atoms with Gasteiger partial charge in [0.25, 0.3) is 0 Å². The highest BCUT2D eigenvalue weighted by molar-refractivity contribution is 5.70. The first-order chi connectivity index (χ1) is 11.1. The molecule has 1 heterocycles. The third-order valence-electron chi connectivity index (χ3n) is 6.47. The van der Waals surface area contributed by atoms with Crippen molar-refractivity contribution in [2.75, 3.05) is 0 Å². The van der Waals surface area contributed by atoms with Crippen LogP contribution in [0.3, 0.4) is 0 Å². The summed E-state index contributed by atoms with van der Waals surface area (Å²) in [5.74, 6) is -0.0454. The standard InChI is InChI=1S/C19H26N2O2/c22-18(23)13-4-6-19(7-5-13)11-16(12-19)21-15-9-14(10-15)17-3-1-2-8-20-17/h1-3,8,13-16,21H,4-7,9-12H2,(H,22,23). The van der Waals surface area contributed by atoms with E-state index in [1.54, 1.807) is 0 Å². The zero-order valence-electron chi connectivity index (χ0n) is 13.6.